The number of benzene rings is 1. The lowest BCUT2D eigenvalue weighted by Crippen LogP contribution is -2.39. The van der Waals surface area contributed by atoms with Crippen molar-refractivity contribution in [2.45, 2.75) is 56.8 Å². The number of carbonyl (C=O) groups is 1. The minimum Gasteiger partial charge on any atom is -0.384 e. The van der Waals surface area contributed by atoms with E-state index in [0.717, 1.165) is 23.1 Å². The fourth-order valence-corrected chi connectivity index (χ4v) is 5.93. The van der Waals surface area contributed by atoms with Crippen LogP contribution in [0.4, 0.5) is 5.82 Å². The van der Waals surface area contributed by atoms with Crippen molar-refractivity contribution in [1.82, 2.24) is 14.1 Å². The summed E-state index contributed by atoms with van der Waals surface area (Å²) in [5, 5.41) is 0.396. The van der Waals surface area contributed by atoms with Crippen LogP contribution in [0.5, 0.6) is 0 Å². The topological polar surface area (TPSA) is 100.0 Å². The van der Waals surface area contributed by atoms with Gasteiger partial charge in [0.15, 0.2) is 0 Å². The minimum atomic E-state index is -0.498. The van der Waals surface area contributed by atoms with Gasteiger partial charge in [0.1, 0.15) is 16.4 Å². The van der Waals surface area contributed by atoms with Crippen molar-refractivity contribution in [2.24, 2.45) is 14.1 Å². The van der Waals surface area contributed by atoms with Crippen LogP contribution in [0, 0.1) is 0 Å². The van der Waals surface area contributed by atoms with E-state index in [0.29, 0.717) is 21.4 Å². The number of anilines is 1. The lowest BCUT2D eigenvalue weighted by molar-refractivity contribution is 0.104. The number of nitrogens with two attached hydrogens (primary N) is 1. The fraction of sp³-hybridized carbons (Fsp3) is 0.440. The normalized spacial score (nSPS) is 16.8. The van der Waals surface area contributed by atoms with Crippen LogP contribution in [-0.2, 0) is 14.1 Å². The molecule has 8 heteroatoms. The Bertz CT molecular complexity index is 1340. The van der Waals surface area contributed by atoms with Crippen LogP contribution in [-0.4, -0.2) is 19.9 Å². The van der Waals surface area contributed by atoms with Gasteiger partial charge in [-0.3, -0.25) is 18.7 Å². The number of carbonyl (C=O) groups excluding carboxylic acids is 1. The zero-order valence-electron chi connectivity index (χ0n) is 19.0. The summed E-state index contributed by atoms with van der Waals surface area (Å²) in [7, 11) is 2.94. The Balaban J connectivity index is 1.53. The summed E-state index contributed by atoms with van der Waals surface area (Å²) in [5.41, 5.74) is 8.01. The molecule has 3 aromatic rings. The Morgan fingerprint density at radius 1 is 0.970 bits per heavy atom. The summed E-state index contributed by atoms with van der Waals surface area (Å²) in [6.07, 6.45) is 8.24. The number of thiazole rings is 1. The largest absolute Gasteiger partial charge is 0.384 e. The van der Waals surface area contributed by atoms with Crippen LogP contribution in [0.25, 0.3) is 10.6 Å². The van der Waals surface area contributed by atoms with E-state index < -0.39 is 11.2 Å². The first-order valence-electron chi connectivity index (χ1n) is 11.6. The van der Waals surface area contributed by atoms with Crippen LogP contribution in [0.1, 0.15) is 83.3 Å². The van der Waals surface area contributed by atoms with Gasteiger partial charge in [-0.2, -0.15) is 0 Å². The van der Waals surface area contributed by atoms with E-state index in [1.165, 1.54) is 67.7 Å². The van der Waals surface area contributed by atoms with Gasteiger partial charge < -0.3 is 5.73 Å². The van der Waals surface area contributed by atoms with E-state index in [1.807, 2.05) is 12.1 Å². The second-order valence-electron chi connectivity index (χ2n) is 9.26. The van der Waals surface area contributed by atoms with Crippen molar-refractivity contribution in [3.63, 3.8) is 0 Å². The van der Waals surface area contributed by atoms with Gasteiger partial charge in [0.25, 0.3) is 5.56 Å². The van der Waals surface area contributed by atoms with Gasteiger partial charge in [-0.05, 0) is 37.2 Å². The third-order valence-electron chi connectivity index (χ3n) is 7.00. The molecule has 33 heavy (non-hydrogen) atoms. The molecule has 2 aliphatic carbocycles. The monoisotopic (exact) mass is 464 g/mol. The summed E-state index contributed by atoms with van der Waals surface area (Å²) >= 11 is 1.20. The first-order valence-corrected chi connectivity index (χ1v) is 12.4. The molecule has 0 unspecified atom stereocenters. The molecule has 2 N–H and O–H groups in total. The highest BCUT2D eigenvalue weighted by Crippen LogP contribution is 2.45. The van der Waals surface area contributed by atoms with Crippen LogP contribution in [0.15, 0.2) is 33.9 Å². The fourth-order valence-electron chi connectivity index (χ4n) is 4.77. The number of rotatable bonds is 5. The second-order valence-corrected chi connectivity index (χ2v) is 10.3. The molecule has 2 fully saturated rings. The molecule has 7 nitrogen and oxygen atoms in total. The molecule has 0 amide bonds. The Morgan fingerprint density at radius 2 is 1.64 bits per heavy atom. The highest BCUT2D eigenvalue weighted by molar-refractivity contribution is 7.17. The summed E-state index contributed by atoms with van der Waals surface area (Å²) in [6.45, 7) is 0. The number of ketones is 1. The summed E-state index contributed by atoms with van der Waals surface area (Å²) in [6, 6.07) is 8.01. The van der Waals surface area contributed by atoms with E-state index in [-0.39, 0.29) is 23.1 Å². The smallest absolute Gasteiger partial charge is 0.332 e. The van der Waals surface area contributed by atoms with Gasteiger partial charge in [0.2, 0.25) is 5.78 Å². The van der Waals surface area contributed by atoms with Crippen LogP contribution in [0.2, 0.25) is 0 Å². The Kier molecular flexibility index (Phi) is 5.56. The predicted molar refractivity (Wildman–Crippen MR) is 130 cm³/mol. The first-order chi connectivity index (χ1) is 15.9. The van der Waals surface area contributed by atoms with Gasteiger partial charge in [0.05, 0.1) is 10.6 Å². The average molecular weight is 465 g/mol. The van der Waals surface area contributed by atoms with E-state index in [1.54, 1.807) is 0 Å². The number of hydrogen-bond donors (Lipinski definition) is 1. The number of nitrogen functional groups attached to an aromatic ring is 1. The van der Waals surface area contributed by atoms with Crippen molar-refractivity contribution in [1.29, 1.82) is 0 Å². The van der Waals surface area contributed by atoms with E-state index >= 15 is 0 Å². The second kappa shape index (κ2) is 8.41. The highest BCUT2D eigenvalue weighted by atomic mass is 32.1. The lowest BCUT2D eigenvalue weighted by atomic mass is 9.84. The standard InChI is InChI=1S/C25H28N4O3S/c1-28-22(26)18(24(31)29(2)25(28)32)23-27-19(16-10-11-16)21(33-23)20(30)17-12-8-15(9-13-17)14-6-4-3-5-7-14/h8-9,12-14,16H,3-7,10-11,26H2,1-2H3. The molecule has 2 aliphatic rings. The number of hydrogen-bond acceptors (Lipinski definition) is 6. The SMILES string of the molecule is Cn1c(N)c(-c2nc(C3CC3)c(C(=O)c3ccc(C4CCCCC4)cc3)s2)c(=O)n(C)c1=O. The Labute approximate surface area is 195 Å². The molecule has 0 saturated heterocycles. The summed E-state index contributed by atoms with van der Waals surface area (Å²) in [5.74, 6) is 0.808. The number of nitrogens with zero attached hydrogens (tertiary/aromatic N) is 3. The van der Waals surface area contributed by atoms with Crippen LogP contribution >= 0.6 is 11.3 Å². The molecule has 1 aromatic carbocycles. The van der Waals surface area contributed by atoms with Crippen LogP contribution < -0.4 is 17.0 Å². The third-order valence-corrected chi connectivity index (χ3v) is 8.08. The minimum absolute atomic E-state index is 0.0648. The summed E-state index contributed by atoms with van der Waals surface area (Å²) in [4.78, 5) is 43.8. The maximum atomic E-state index is 13.5. The van der Waals surface area contributed by atoms with Gasteiger partial charge in [-0.15, -0.1) is 11.3 Å². The van der Waals surface area contributed by atoms with Crippen molar-refractivity contribution in [3.05, 3.63) is 66.8 Å². The zero-order chi connectivity index (χ0) is 23.3. The van der Waals surface area contributed by atoms with Gasteiger partial charge in [-0.25, -0.2) is 9.78 Å². The van der Waals surface area contributed by atoms with Crippen molar-refractivity contribution in [3.8, 4) is 10.6 Å². The van der Waals surface area contributed by atoms with E-state index in [2.05, 4.69) is 12.1 Å². The van der Waals surface area contributed by atoms with E-state index in [4.69, 9.17) is 10.7 Å². The van der Waals surface area contributed by atoms with Crippen LogP contribution in [0.3, 0.4) is 0 Å². The third kappa shape index (κ3) is 3.86. The molecule has 172 valence electrons. The molecular formula is C25H28N4O3S. The molecule has 5 rings (SSSR count). The summed E-state index contributed by atoms with van der Waals surface area (Å²) < 4.78 is 2.26. The Morgan fingerprint density at radius 3 is 2.27 bits per heavy atom. The van der Waals surface area contributed by atoms with Gasteiger partial charge in [-0.1, -0.05) is 43.5 Å². The Hall–Kier alpha value is -3.00. The van der Waals surface area contributed by atoms with E-state index in [9.17, 15) is 14.4 Å². The van der Waals surface area contributed by atoms with Crippen molar-refractivity contribution >= 4 is 22.9 Å². The van der Waals surface area contributed by atoms with Gasteiger partial charge >= 0.3 is 5.69 Å². The molecule has 0 spiro atoms. The molecule has 0 radical (unpaired) electrons. The molecule has 0 atom stereocenters. The first kappa shape index (κ1) is 21.8. The van der Waals surface area contributed by atoms with Crippen molar-refractivity contribution in [2.75, 3.05) is 5.73 Å². The highest BCUT2D eigenvalue weighted by Gasteiger charge is 2.34. The molecule has 0 aliphatic heterocycles. The molecular weight excluding hydrogens is 436 g/mol. The maximum absolute atomic E-state index is 13.5. The predicted octanol–water partition coefficient (Wildman–Crippen LogP) is 3.95. The lowest BCUT2D eigenvalue weighted by Gasteiger charge is -2.22. The molecule has 2 heterocycles. The van der Waals surface area contributed by atoms with Crippen molar-refractivity contribution < 1.29 is 4.79 Å². The molecule has 2 saturated carbocycles. The van der Waals surface area contributed by atoms with Gasteiger partial charge in [0, 0.05) is 25.6 Å². The number of aromatic nitrogens is 3. The zero-order valence-corrected chi connectivity index (χ0v) is 19.8. The molecule has 0 bridgehead atoms. The average Bonchev–Trinajstić information content (AvgIpc) is 3.61. The maximum Gasteiger partial charge on any atom is 0.332 e. The molecule has 2 aromatic heterocycles. The quantitative estimate of drug-likeness (QED) is 0.577.